The highest BCUT2D eigenvalue weighted by Crippen LogP contribution is 2.17. The standard InChI is InChI=1S/C23H19ClN4O4/c1-3-11-27-21(29)19-20(28(23(27)31)18-9-7-17(24)8-10-18)25-14-26(19)13-15-5-4-6-16(12-15)22(30)32-2/h3-10,12,14H,1,11,13H2,2H3. The first kappa shape index (κ1) is 21.3. The first-order valence-corrected chi connectivity index (χ1v) is 10.1. The first-order chi connectivity index (χ1) is 15.4. The number of allylic oxidation sites excluding steroid dienone is 1. The Morgan fingerprint density at radius 2 is 1.94 bits per heavy atom. The molecular formula is C23H19ClN4O4. The van der Waals surface area contributed by atoms with E-state index in [2.05, 4.69) is 11.6 Å². The molecule has 4 aromatic rings. The largest absolute Gasteiger partial charge is 0.465 e. The maximum atomic E-state index is 13.2. The summed E-state index contributed by atoms with van der Waals surface area (Å²) < 4.78 is 8.91. The third-order valence-electron chi connectivity index (χ3n) is 5.00. The van der Waals surface area contributed by atoms with Crippen molar-refractivity contribution in [3.8, 4) is 5.69 Å². The molecule has 0 atom stereocenters. The minimum atomic E-state index is -0.525. The van der Waals surface area contributed by atoms with E-state index in [1.807, 2.05) is 6.07 Å². The highest BCUT2D eigenvalue weighted by atomic mass is 35.5. The van der Waals surface area contributed by atoms with Gasteiger partial charge in [-0.25, -0.2) is 19.1 Å². The van der Waals surface area contributed by atoms with Crippen LogP contribution in [0.3, 0.4) is 0 Å². The molecule has 0 radical (unpaired) electrons. The van der Waals surface area contributed by atoms with Gasteiger partial charge in [0.2, 0.25) is 0 Å². The van der Waals surface area contributed by atoms with Gasteiger partial charge in [0.25, 0.3) is 5.56 Å². The van der Waals surface area contributed by atoms with Crippen LogP contribution in [-0.4, -0.2) is 31.8 Å². The number of esters is 1. The van der Waals surface area contributed by atoms with Crippen molar-refractivity contribution >= 4 is 28.7 Å². The van der Waals surface area contributed by atoms with Crippen LogP contribution in [0.4, 0.5) is 0 Å². The third kappa shape index (κ3) is 3.76. The lowest BCUT2D eigenvalue weighted by Gasteiger charge is -2.12. The van der Waals surface area contributed by atoms with Crippen molar-refractivity contribution in [2.45, 2.75) is 13.1 Å². The Hall–Kier alpha value is -3.91. The molecule has 4 rings (SSSR count). The zero-order chi connectivity index (χ0) is 22.8. The summed E-state index contributed by atoms with van der Waals surface area (Å²) in [5, 5.41) is 0.522. The Bertz CT molecular complexity index is 1450. The number of ether oxygens (including phenoxy) is 1. The van der Waals surface area contributed by atoms with Crippen LogP contribution in [0.15, 0.2) is 77.1 Å². The molecule has 0 saturated heterocycles. The maximum Gasteiger partial charge on any atom is 0.337 e. The summed E-state index contributed by atoms with van der Waals surface area (Å²) in [5.41, 5.74) is 1.18. The second kappa shape index (κ2) is 8.68. The van der Waals surface area contributed by atoms with E-state index in [-0.39, 0.29) is 24.3 Å². The van der Waals surface area contributed by atoms with E-state index in [1.54, 1.807) is 47.0 Å². The molecule has 2 heterocycles. The number of fused-ring (bicyclic) bond motifs is 1. The molecule has 2 aromatic carbocycles. The van der Waals surface area contributed by atoms with Crippen LogP contribution < -0.4 is 11.2 Å². The number of carbonyl (C=O) groups excluding carboxylic acids is 1. The predicted octanol–water partition coefficient (Wildman–Crippen LogP) is 3.02. The van der Waals surface area contributed by atoms with Crippen LogP contribution in [-0.2, 0) is 17.8 Å². The Morgan fingerprint density at radius 3 is 2.62 bits per heavy atom. The highest BCUT2D eigenvalue weighted by Gasteiger charge is 2.19. The van der Waals surface area contributed by atoms with Gasteiger partial charge in [-0.05, 0) is 42.0 Å². The van der Waals surface area contributed by atoms with Gasteiger partial charge in [0.1, 0.15) is 0 Å². The monoisotopic (exact) mass is 450 g/mol. The molecule has 0 amide bonds. The SMILES string of the molecule is C=CCn1c(=O)c2c(ncn2Cc2cccc(C(=O)OC)c2)n(-c2ccc(Cl)cc2)c1=O. The summed E-state index contributed by atoms with van der Waals surface area (Å²) in [6.45, 7) is 3.97. The fraction of sp³-hybridized carbons (Fsp3) is 0.130. The van der Waals surface area contributed by atoms with Gasteiger partial charge in [0, 0.05) is 18.1 Å². The summed E-state index contributed by atoms with van der Waals surface area (Å²) in [7, 11) is 1.32. The number of halogens is 1. The van der Waals surface area contributed by atoms with Gasteiger partial charge < -0.3 is 9.30 Å². The van der Waals surface area contributed by atoms with Gasteiger partial charge in [-0.3, -0.25) is 9.36 Å². The molecule has 0 bridgehead atoms. The minimum Gasteiger partial charge on any atom is -0.465 e. The lowest BCUT2D eigenvalue weighted by molar-refractivity contribution is 0.0600. The van der Waals surface area contributed by atoms with Crippen LogP contribution >= 0.6 is 11.6 Å². The van der Waals surface area contributed by atoms with E-state index in [0.717, 1.165) is 10.1 Å². The van der Waals surface area contributed by atoms with Crippen molar-refractivity contribution in [2.75, 3.05) is 7.11 Å². The number of rotatable bonds is 6. The molecule has 2 aromatic heterocycles. The van der Waals surface area contributed by atoms with E-state index in [4.69, 9.17) is 16.3 Å². The number of nitrogens with zero attached hydrogens (tertiary/aromatic N) is 4. The number of aromatic nitrogens is 4. The summed E-state index contributed by atoms with van der Waals surface area (Å²) >= 11 is 5.99. The summed E-state index contributed by atoms with van der Waals surface area (Å²) in [4.78, 5) is 42.6. The number of hydrogen-bond donors (Lipinski definition) is 0. The van der Waals surface area contributed by atoms with Crippen molar-refractivity contribution in [1.29, 1.82) is 0 Å². The van der Waals surface area contributed by atoms with E-state index in [0.29, 0.717) is 16.3 Å². The topological polar surface area (TPSA) is 88.1 Å². The highest BCUT2D eigenvalue weighted by molar-refractivity contribution is 6.30. The van der Waals surface area contributed by atoms with Crippen LogP contribution in [0.5, 0.6) is 0 Å². The second-order valence-electron chi connectivity index (χ2n) is 7.04. The number of imidazole rings is 1. The van der Waals surface area contributed by atoms with Crippen molar-refractivity contribution in [1.82, 2.24) is 18.7 Å². The molecule has 162 valence electrons. The molecule has 0 spiro atoms. The van der Waals surface area contributed by atoms with E-state index < -0.39 is 17.2 Å². The fourth-order valence-corrected chi connectivity index (χ4v) is 3.65. The Balaban J connectivity index is 1.92. The smallest absolute Gasteiger partial charge is 0.337 e. The molecule has 8 nitrogen and oxygen atoms in total. The van der Waals surface area contributed by atoms with Crippen molar-refractivity contribution in [2.24, 2.45) is 0 Å². The van der Waals surface area contributed by atoms with Crippen molar-refractivity contribution in [3.05, 3.63) is 105 Å². The van der Waals surface area contributed by atoms with Crippen LogP contribution in [0, 0.1) is 0 Å². The third-order valence-corrected chi connectivity index (χ3v) is 5.25. The number of benzene rings is 2. The lowest BCUT2D eigenvalue weighted by atomic mass is 10.1. The summed E-state index contributed by atoms with van der Waals surface area (Å²) in [5.74, 6) is -0.452. The molecule has 0 unspecified atom stereocenters. The number of carbonyl (C=O) groups is 1. The number of methoxy groups -OCH3 is 1. The molecule has 0 saturated carbocycles. The van der Waals surface area contributed by atoms with Gasteiger partial charge in [0.15, 0.2) is 11.2 Å². The molecule has 0 aliphatic carbocycles. The minimum absolute atomic E-state index is 0.0458. The quantitative estimate of drug-likeness (QED) is 0.333. The first-order valence-electron chi connectivity index (χ1n) is 9.69. The average Bonchev–Trinajstić information content (AvgIpc) is 3.20. The molecule has 0 aliphatic rings. The normalized spacial score (nSPS) is 10.9. The second-order valence-corrected chi connectivity index (χ2v) is 7.47. The predicted molar refractivity (Wildman–Crippen MR) is 122 cm³/mol. The fourth-order valence-electron chi connectivity index (χ4n) is 3.52. The average molecular weight is 451 g/mol. The number of hydrogen-bond acceptors (Lipinski definition) is 5. The molecule has 32 heavy (non-hydrogen) atoms. The van der Waals surface area contributed by atoms with Gasteiger partial charge in [-0.15, -0.1) is 6.58 Å². The van der Waals surface area contributed by atoms with Gasteiger partial charge in [-0.2, -0.15) is 0 Å². The molecular weight excluding hydrogens is 432 g/mol. The summed E-state index contributed by atoms with van der Waals surface area (Å²) in [6, 6.07) is 13.6. The van der Waals surface area contributed by atoms with Crippen LogP contribution in [0.2, 0.25) is 5.02 Å². The molecule has 0 N–H and O–H groups in total. The maximum absolute atomic E-state index is 13.2. The van der Waals surface area contributed by atoms with Crippen LogP contribution in [0.1, 0.15) is 15.9 Å². The van der Waals surface area contributed by atoms with Gasteiger partial charge in [-0.1, -0.05) is 29.8 Å². The Kier molecular flexibility index (Phi) is 5.79. The lowest BCUT2D eigenvalue weighted by Crippen LogP contribution is -2.39. The van der Waals surface area contributed by atoms with E-state index in [1.165, 1.54) is 24.1 Å². The zero-order valence-corrected chi connectivity index (χ0v) is 18.0. The van der Waals surface area contributed by atoms with Crippen molar-refractivity contribution < 1.29 is 9.53 Å². The molecule has 9 heteroatoms. The van der Waals surface area contributed by atoms with Crippen molar-refractivity contribution in [3.63, 3.8) is 0 Å². The van der Waals surface area contributed by atoms with E-state index >= 15 is 0 Å². The van der Waals surface area contributed by atoms with Gasteiger partial charge in [0.05, 0.1) is 24.7 Å². The van der Waals surface area contributed by atoms with E-state index in [9.17, 15) is 14.4 Å². The zero-order valence-electron chi connectivity index (χ0n) is 17.2. The molecule has 0 aliphatic heterocycles. The summed E-state index contributed by atoms with van der Waals surface area (Å²) in [6.07, 6.45) is 2.99. The Morgan fingerprint density at radius 1 is 1.19 bits per heavy atom. The van der Waals surface area contributed by atoms with Crippen LogP contribution in [0.25, 0.3) is 16.9 Å². The Labute approximate surface area is 187 Å². The van der Waals surface area contributed by atoms with Gasteiger partial charge >= 0.3 is 11.7 Å². The molecule has 0 fully saturated rings.